The van der Waals surface area contributed by atoms with Gasteiger partial charge in [-0.3, -0.25) is 4.79 Å². The minimum Gasteiger partial charge on any atom is -0.491 e. The molecule has 0 atom stereocenters. The maximum Gasteiger partial charge on any atom is 0.223 e. The van der Waals surface area contributed by atoms with Gasteiger partial charge < -0.3 is 15.8 Å². The highest BCUT2D eigenvalue weighted by atomic mass is 19.1. The van der Waals surface area contributed by atoms with Gasteiger partial charge in [0, 0.05) is 12.1 Å². The fourth-order valence-electron chi connectivity index (χ4n) is 1.41. The van der Waals surface area contributed by atoms with Crippen molar-refractivity contribution in [1.82, 2.24) is 5.32 Å². The van der Waals surface area contributed by atoms with Crippen molar-refractivity contribution in [2.75, 3.05) is 12.3 Å². The molecule has 0 unspecified atom stereocenters. The molecule has 1 saturated carbocycles. The summed E-state index contributed by atoms with van der Waals surface area (Å²) in [6.45, 7) is 0.201. The average Bonchev–Trinajstić information content (AvgIpc) is 3.07. The van der Waals surface area contributed by atoms with Gasteiger partial charge >= 0.3 is 0 Å². The molecule has 0 spiro atoms. The van der Waals surface area contributed by atoms with Gasteiger partial charge in [0.1, 0.15) is 11.6 Å². The number of benzene rings is 1. The largest absolute Gasteiger partial charge is 0.491 e. The van der Waals surface area contributed by atoms with E-state index in [4.69, 9.17) is 10.5 Å². The second kappa shape index (κ2) is 5.03. The Labute approximate surface area is 98.9 Å². The van der Waals surface area contributed by atoms with Gasteiger partial charge in [-0.05, 0) is 25.0 Å². The van der Waals surface area contributed by atoms with Crippen LogP contribution in [0.25, 0.3) is 0 Å². The molecule has 0 heterocycles. The lowest BCUT2D eigenvalue weighted by atomic mass is 10.3. The van der Waals surface area contributed by atoms with Crippen LogP contribution < -0.4 is 15.8 Å². The van der Waals surface area contributed by atoms with Gasteiger partial charge in [-0.1, -0.05) is 0 Å². The summed E-state index contributed by atoms with van der Waals surface area (Å²) in [4.78, 5) is 11.3. The van der Waals surface area contributed by atoms with Crippen LogP contribution in [0, 0.1) is 5.82 Å². The summed E-state index contributed by atoms with van der Waals surface area (Å²) in [7, 11) is 0. The first-order valence-corrected chi connectivity index (χ1v) is 5.62. The summed E-state index contributed by atoms with van der Waals surface area (Å²) in [5, 5.41) is 2.84. The average molecular weight is 238 g/mol. The Bertz CT molecular complexity index is 419. The van der Waals surface area contributed by atoms with Crippen molar-refractivity contribution in [3.8, 4) is 5.75 Å². The van der Waals surface area contributed by atoms with E-state index in [1.165, 1.54) is 18.2 Å². The van der Waals surface area contributed by atoms with E-state index in [0.29, 0.717) is 11.7 Å². The van der Waals surface area contributed by atoms with Crippen molar-refractivity contribution in [3.05, 3.63) is 24.0 Å². The van der Waals surface area contributed by atoms with Crippen LogP contribution in [0.5, 0.6) is 5.75 Å². The molecule has 1 fully saturated rings. The van der Waals surface area contributed by atoms with Crippen LogP contribution in [0.15, 0.2) is 18.2 Å². The summed E-state index contributed by atoms with van der Waals surface area (Å²) in [5.41, 5.74) is 5.97. The first-order chi connectivity index (χ1) is 8.15. The summed E-state index contributed by atoms with van der Waals surface area (Å²) in [6, 6.07) is 4.27. The Morgan fingerprint density at radius 3 is 3.00 bits per heavy atom. The quantitative estimate of drug-likeness (QED) is 0.763. The molecule has 0 saturated heterocycles. The number of nitrogens with one attached hydrogen (secondary N) is 1. The molecule has 3 N–H and O–H groups in total. The maximum atomic E-state index is 12.9. The van der Waals surface area contributed by atoms with Crippen molar-refractivity contribution in [2.45, 2.75) is 25.3 Å². The third-order valence-electron chi connectivity index (χ3n) is 2.50. The van der Waals surface area contributed by atoms with Crippen LogP contribution in [0.1, 0.15) is 19.3 Å². The van der Waals surface area contributed by atoms with Crippen molar-refractivity contribution < 1.29 is 13.9 Å². The number of nitrogen functional groups attached to an aromatic ring is 1. The van der Waals surface area contributed by atoms with Gasteiger partial charge in [0.25, 0.3) is 0 Å². The number of carbonyl (C=O) groups is 1. The van der Waals surface area contributed by atoms with Crippen molar-refractivity contribution in [1.29, 1.82) is 0 Å². The Morgan fingerprint density at radius 1 is 1.53 bits per heavy atom. The van der Waals surface area contributed by atoms with Crippen LogP contribution in [-0.2, 0) is 4.79 Å². The van der Waals surface area contributed by atoms with E-state index in [9.17, 15) is 9.18 Å². The maximum absolute atomic E-state index is 12.9. The molecule has 1 aromatic rings. The Balaban J connectivity index is 1.76. The Morgan fingerprint density at radius 2 is 2.29 bits per heavy atom. The molecule has 1 amide bonds. The van der Waals surface area contributed by atoms with E-state index in [0.717, 1.165) is 12.8 Å². The second-order valence-electron chi connectivity index (χ2n) is 4.12. The highest BCUT2D eigenvalue weighted by Gasteiger charge is 2.22. The lowest BCUT2D eigenvalue weighted by Crippen LogP contribution is -2.26. The van der Waals surface area contributed by atoms with Crippen LogP contribution in [0.4, 0.5) is 10.1 Å². The normalized spacial score (nSPS) is 14.4. The SMILES string of the molecule is Nc1ccc(F)cc1OCCC(=O)NC1CC1. The first kappa shape index (κ1) is 11.7. The number of amides is 1. The smallest absolute Gasteiger partial charge is 0.223 e. The molecule has 5 heteroatoms. The molecule has 17 heavy (non-hydrogen) atoms. The molecule has 92 valence electrons. The van der Waals surface area contributed by atoms with Crippen molar-refractivity contribution in [3.63, 3.8) is 0 Å². The van der Waals surface area contributed by atoms with Gasteiger partial charge in [-0.2, -0.15) is 0 Å². The highest BCUT2D eigenvalue weighted by Crippen LogP contribution is 2.22. The number of anilines is 1. The number of carbonyl (C=O) groups excluding carboxylic acids is 1. The zero-order valence-electron chi connectivity index (χ0n) is 9.41. The molecule has 4 nitrogen and oxygen atoms in total. The van der Waals surface area contributed by atoms with E-state index in [-0.39, 0.29) is 24.7 Å². The molecular formula is C12H15FN2O2. The molecule has 0 radical (unpaired) electrons. The molecular weight excluding hydrogens is 223 g/mol. The topological polar surface area (TPSA) is 64.3 Å². The molecule has 1 aliphatic carbocycles. The van der Waals surface area contributed by atoms with Crippen LogP contribution >= 0.6 is 0 Å². The standard InChI is InChI=1S/C12H15FN2O2/c13-8-1-4-10(14)11(7-8)17-6-5-12(16)15-9-2-3-9/h1,4,7,9H,2-3,5-6,14H2,(H,15,16). The summed E-state index contributed by atoms with van der Waals surface area (Å²) in [6.07, 6.45) is 2.37. The van der Waals surface area contributed by atoms with Gasteiger partial charge in [0.05, 0.1) is 18.7 Å². The van der Waals surface area contributed by atoms with Crippen molar-refractivity contribution >= 4 is 11.6 Å². The predicted octanol–water partition coefficient (Wildman–Crippen LogP) is 1.46. The molecule has 2 rings (SSSR count). The minimum atomic E-state index is -0.406. The highest BCUT2D eigenvalue weighted by molar-refractivity contribution is 5.76. The van der Waals surface area contributed by atoms with Crippen LogP contribution in [0.2, 0.25) is 0 Å². The van der Waals surface area contributed by atoms with E-state index >= 15 is 0 Å². The monoisotopic (exact) mass is 238 g/mol. The van der Waals surface area contributed by atoms with Gasteiger partial charge in [0.2, 0.25) is 5.91 Å². The van der Waals surface area contributed by atoms with Gasteiger partial charge in [-0.25, -0.2) is 4.39 Å². The lowest BCUT2D eigenvalue weighted by Gasteiger charge is -2.08. The zero-order chi connectivity index (χ0) is 12.3. The zero-order valence-corrected chi connectivity index (χ0v) is 9.41. The number of nitrogens with two attached hydrogens (primary N) is 1. The number of halogens is 1. The van der Waals surface area contributed by atoms with E-state index in [2.05, 4.69) is 5.32 Å². The van der Waals surface area contributed by atoms with Crippen LogP contribution in [-0.4, -0.2) is 18.6 Å². The third kappa shape index (κ3) is 3.62. The molecule has 0 aromatic heterocycles. The molecule has 1 aromatic carbocycles. The minimum absolute atomic E-state index is 0.0394. The summed E-state index contributed by atoms with van der Waals surface area (Å²) in [5.74, 6) is -0.164. The Hall–Kier alpha value is -1.78. The molecule has 1 aliphatic rings. The number of hydrogen-bond donors (Lipinski definition) is 2. The fraction of sp³-hybridized carbons (Fsp3) is 0.417. The van der Waals surface area contributed by atoms with E-state index in [1.807, 2.05) is 0 Å². The lowest BCUT2D eigenvalue weighted by molar-refractivity contribution is -0.121. The summed E-state index contributed by atoms with van der Waals surface area (Å²) < 4.78 is 18.2. The van der Waals surface area contributed by atoms with Crippen LogP contribution in [0.3, 0.4) is 0 Å². The second-order valence-corrected chi connectivity index (χ2v) is 4.12. The number of rotatable bonds is 5. The van der Waals surface area contributed by atoms with Gasteiger partial charge in [0.15, 0.2) is 0 Å². The van der Waals surface area contributed by atoms with Gasteiger partial charge in [-0.15, -0.1) is 0 Å². The summed E-state index contributed by atoms with van der Waals surface area (Å²) >= 11 is 0. The molecule has 0 aliphatic heterocycles. The molecule has 0 bridgehead atoms. The first-order valence-electron chi connectivity index (χ1n) is 5.62. The fourth-order valence-corrected chi connectivity index (χ4v) is 1.41. The number of ether oxygens (including phenoxy) is 1. The predicted molar refractivity (Wildman–Crippen MR) is 62.1 cm³/mol. The van der Waals surface area contributed by atoms with E-state index < -0.39 is 5.82 Å². The Kier molecular flexibility index (Phi) is 3.46. The number of hydrogen-bond acceptors (Lipinski definition) is 3. The third-order valence-corrected chi connectivity index (χ3v) is 2.50. The van der Waals surface area contributed by atoms with E-state index in [1.54, 1.807) is 0 Å². The van der Waals surface area contributed by atoms with Crippen molar-refractivity contribution in [2.24, 2.45) is 0 Å².